The predicted octanol–water partition coefficient (Wildman–Crippen LogP) is 4.43. The first-order valence-corrected chi connectivity index (χ1v) is 13.7. The Hall–Kier alpha value is -3.07. The fraction of sp³-hybridized carbons (Fsp3) is 0.516. The van der Waals surface area contributed by atoms with Crippen molar-refractivity contribution in [1.29, 1.82) is 0 Å². The van der Waals surface area contributed by atoms with Gasteiger partial charge < -0.3 is 19.1 Å². The van der Waals surface area contributed by atoms with Gasteiger partial charge in [0.05, 0.1) is 29.7 Å². The fourth-order valence-corrected chi connectivity index (χ4v) is 4.67. The average molecular weight is 538 g/mol. The van der Waals surface area contributed by atoms with Gasteiger partial charge in [-0.1, -0.05) is 18.7 Å². The van der Waals surface area contributed by atoms with Gasteiger partial charge in [0, 0.05) is 37.5 Å². The Morgan fingerprint density at radius 2 is 2.00 bits per heavy atom. The van der Waals surface area contributed by atoms with E-state index in [0.717, 1.165) is 66.0 Å². The van der Waals surface area contributed by atoms with E-state index in [1.165, 1.54) is 0 Å². The summed E-state index contributed by atoms with van der Waals surface area (Å²) in [6.45, 7) is 14.5. The number of pyridine rings is 1. The van der Waals surface area contributed by atoms with Crippen LogP contribution in [0.25, 0.3) is 0 Å². The quantitative estimate of drug-likeness (QED) is 0.307. The third kappa shape index (κ3) is 8.46. The number of allylic oxidation sites excluding steroid dienone is 1. The second kappa shape index (κ2) is 13.8. The van der Waals surface area contributed by atoms with E-state index in [1.807, 2.05) is 31.2 Å². The zero-order chi connectivity index (χ0) is 28.7. The normalized spacial score (nSPS) is 17.3. The van der Waals surface area contributed by atoms with E-state index in [4.69, 9.17) is 14.5 Å². The Balaban J connectivity index is 1.91. The summed E-state index contributed by atoms with van der Waals surface area (Å²) in [5.74, 6) is -0.486. The predicted molar refractivity (Wildman–Crippen MR) is 155 cm³/mol. The van der Waals surface area contributed by atoms with Crippen LogP contribution in [-0.2, 0) is 27.9 Å². The van der Waals surface area contributed by atoms with Crippen LogP contribution in [0.5, 0.6) is 0 Å². The maximum absolute atomic E-state index is 12.4. The number of ether oxygens (including phenoxy) is 2. The minimum atomic E-state index is -0.911. The summed E-state index contributed by atoms with van der Waals surface area (Å²) in [5, 5.41) is 13.3. The molecule has 1 aromatic heterocycles. The first-order chi connectivity index (χ1) is 18.5. The van der Waals surface area contributed by atoms with Crippen molar-refractivity contribution in [3.05, 3.63) is 75.2 Å². The number of aromatic nitrogens is 1. The van der Waals surface area contributed by atoms with Gasteiger partial charge in [-0.2, -0.15) is 0 Å². The van der Waals surface area contributed by atoms with Gasteiger partial charge in [0.25, 0.3) is 5.56 Å². The molecule has 8 heteroatoms. The zero-order valence-corrected chi connectivity index (χ0v) is 24.1. The molecule has 8 nitrogen and oxygen atoms in total. The SMILES string of the molecule is C=C(CC[C@@H]1CCCO1)C(=Nc1cc(CN[C@H](C(=O)OC(C)C)[C@@H](C)O)ccc1C)c1cc(C)c(=O)n(C)c1. The van der Waals surface area contributed by atoms with E-state index in [2.05, 4.69) is 11.9 Å². The highest BCUT2D eigenvalue weighted by Gasteiger charge is 2.25. The number of rotatable bonds is 12. The van der Waals surface area contributed by atoms with Gasteiger partial charge >= 0.3 is 5.97 Å². The van der Waals surface area contributed by atoms with E-state index in [-0.39, 0.29) is 17.8 Å². The number of benzene rings is 1. The molecule has 2 N–H and O–H groups in total. The molecule has 39 heavy (non-hydrogen) atoms. The molecule has 2 aromatic rings. The van der Waals surface area contributed by atoms with Crippen molar-refractivity contribution >= 4 is 17.4 Å². The lowest BCUT2D eigenvalue weighted by molar-refractivity contribution is -0.152. The summed E-state index contributed by atoms with van der Waals surface area (Å²) in [6, 6.07) is 6.95. The largest absolute Gasteiger partial charge is 0.462 e. The summed E-state index contributed by atoms with van der Waals surface area (Å²) in [5.41, 5.74) is 5.71. The Labute approximate surface area is 231 Å². The van der Waals surface area contributed by atoms with Crippen LogP contribution in [-0.4, -0.2) is 52.3 Å². The lowest BCUT2D eigenvalue weighted by Gasteiger charge is -2.21. The molecule has 0 bridgehead atoms. The third-order valence-electron chi connectivity index (χ3n) is 6.88. The van der Waals surface area contributed by atoms with Crippen molar-refractivity contribution in [2.24, 2.45) is 12.0 Å². The van der Waals surface area contributed by atoms with Crippen LogP contribution in [0.3, 0.4) is 0 Å². The van der Waals surface area contributed by atoms with Crippen molar-refractivity contribution in [2.75, 3.05) is 6.61 Å². The van der Waals surface area contributed by atoms with Crippen LogP contribution < -0.4 is 10.9 Å². The molecule has 1 saturated heterocycles. The van der Waals surface area contributed by atoms with Crippen LogP contribution in [0, 0.1) is 13.8 Å². The molecule has 2 heterocycles. The number of hydrogen-bond acceptors (Lipinski definition) is 7. The number of aryl methyl sites for hydroxylation is 3. The Bertz CT molecular complexity index is 1230. The van der Waals surface area contributed by atoms with Gasteiger partial charge in [-0.25, -0.2) is 4.99 Å². The molecule has 212 valence electrons. The minimum absolute atomic E-state index is 0.0454. The molecule has 1 aliphatic rings. The van der Waals surface area contributed by atoms with Gasteiger partial charge in [-0.05, 0) is 89.1 Å². The lowest BCUT2D eigenvalue weighted by Crippen LogP contribution is -2.46. The van der Waals surface area contributed by atoms with Gasteiger partial charge in [0.15, 0.2) is 0 Å². The van der Waals surface area contributed by atoms with E-state index >= 15 is 0 Å². The minimum Gasteiger partial charge on any atom is -0.462 e. The molecule has 3 atom stereocenters. The molecule has 0 saturated carbocycles. The van der Waals surface area contributed by atoms with Crippen molar-refractivity contribution in [3.8, 4) is 0 Å². The smallest absolute Gasteiger partial charge is 0.326 e. The standard InChI is InChI=1S/C31H43N3O5/c1-19(2)39-31(37)29(23(6)35)32-17-24-12-10-20(3)27(16-24)33-28(21(4)11-13-26-9-8-14-38-26)25-15-22(5)30(36)34(7)18-25/h10,12,15-16,18-19,23,26,29,32,35H,4,8-9,11,13-14,17H2,1-3,5-7H3/t23-,26+,29+/m1/s1. The second-order valence-corrected chi connectivity index (χ2v) is 10.8. The second-order valence-electron chi connectivity index (χ2n) is 10.8. The van der Waals surface area contributed by atoms with Crippen LogP contribution in [0.4, 0.5) is 5.69 Å². The molecule has 0 radical (unpaired) electrons. The maximum Gasteiger partial charge on any atom is 0.326 e. The highest BCUT2D eigenvalue weighted by Crippen LogP contribution is 2.26. The Kier molecular flexibility index (Phi) is 10.8. The number of aliphatic hydroxyl groups excluding tert-OH is 1. The molecule has 0 spiro atoms. The fourth-order valence-electron chi connectivity index (χ4n) is 4.67. The monoisotopic (exact) mass is 537 g/mol. The van der Waals surface area contributed by atoms with E-state index in [0.29, 0.717) is 12.1 Å². The molecule has 0 unspecified atom stereocenters. The first kappa shape index (κ1) is 30.5. The molecule has 1 aliphatic heterocycles. The molecule has 1 aromatic carbocycles. The topological polar surface area (TPSA) is 102 Å². The van der Waals surface area contributed by atoms with Crippen LogP contribution in [0.15, 0.2) is 52.4 Å². The Morgan fingerprint density at radius 1 is 1.26 bits per heavy atom. The highest BCUT2D eigenvalue weighted by atomic mass is 16.5. The first-order valence-electron chi connectivity index (χ1n) is 13.7. The van der Waals surface area contributed by atoms with Crippen molar-refractivity contribution in [2.45, 2.75) is 91.2 Å². The average Bonchev–Trinajstić information content (AvgIpc) is 3.39. The summed E-state index contributed by atoms with van der Waals surface area (Å²) >= 11 is 0. The number of aliphatic imine (C=N–C) groups is 1. The van der Waals surface area contributed by atoms with Gasteiger partial charge in [0.2, 0.25) is 0 Å². The summed E-state index contributed by atoms with van der Waals surface area (Å²) in [4.78, 5) is 29.9. The number of esters is 1. The Morgan fingerprint density at radius 3 is 2.62 bits per heavy atom. The van der Waals surface area contributed by atoms with E-state index < -0.39 is 18.1 Å². The van der Waals surface area contributed by atoms with Crippen molar-refractivity contribution < 1.29 is 19.4 Å². The molecule has 3 rings (SSSR count). The van der Waals surface area contributed by atoms with Crippen molar-refractivity contribution in [1.82, 2.24) is 9.88 Å². The number of carbonyl (C=O) groups excluding carboxylic acids is 1. The molecule has 0 aliphatic carbocycles. The van der Waals surface area contributed by atoms with Gasteiger partial charge in [-0.3, -0.25) is 14.9 Å². The van der Waals surface area contributed by atoms with Crippen LogP contribution in [0.1, 0.15) is 68.7 Å². The summed E-state index contributed by atoms with van der Waals surface area (Å²) < 4.78 is 12.7. The number of aliphatic hydroxyl groups is 1. The van der Waals surface area contributed by atoms with E-state index in [1.54, 1.807) is 45.5 Å². The highest BCUT2D eigenvalue weighted by molar-refractivity contribution is 6.13. The molecular formula is C31H43N3O5. The third-order valence-corrected chi connectivity index (χ3v) is 6.88. The molecular weight excluding hydrogens is 494 g/mol. The number of hydrogen-bond donors (Lipinski definition) is 2. The number of carbonyl (C=O) groups is 1. The van der Waals surface area contributed by atoms with Crippen LogP contribution >= 0.6 is 0 Å². The van der Waals surface area contributed by atoms with Gasteiger partial charge in [0.1, 0.15) is 6.04 Å². The van der Waals surface area contributed by atoms with Crippen molar-refractivity contribution in [3.63, 3.8) is 0 Å². The van der Waals surface area contributed by atoms with Gasteiger partial charge in [-0.15, -0.1) is 0 Å². The number of nitrogens with zero attached hydrogens (tertiary/aromatic N) is 2. The number of nitrogens with one attached hydrogen (secondary N) is 1. The van der Waals surface area contributed by atoms with Crippen LogP contribution in [0.2, 0.25) is 0 Å². The molecule has 0 amide bonds. The summed E-state index contributed by atoms with van der Waals surface area (Å²) in [7, 11) is 1.74. The lowest BCUT2D eigenvalue weighted by atomic mass is 9.97. The molecule has 1 fully saturated rings. The van der Waals surface area contributed by atoms with E-state index in [9.17, 15) is 14.7 Å². The zero-order valence-electron chi connectivity index (χ0n) is 24.1. The summed E-state index contributed by atoms with van der Waals surface area (Å²) in [6.07, 6.45) is 4.62. The maximum atomic E-state index is 12.4.